The number of alkyl carbamates (subject to hydrolysis) is 1. The Morgan fingerprint density at radius 3 is 3.00 bits per heavy atom. The van der Waals surface area contributed by atoms with E-state index in [2.05, 4.69) is 19.9 Å². The van der Waals surface area contributed by atoms with Crippen LogP contribution in [0.5, 0.6) is 0 Å². The molecule has 0 spiro atoms. The summed E-state index contributed by atoms with van der Waals surface area (Å²) < 4.78 is 7.07. The molecule has 0 unspecified atom stereocenters. The van der Waals surface area contributed by atoms with E-state index in [0.717, 1.165) is 0 Å². The van der Waals surface area contributed by atoms with Crippen molar-refractivity contribution >= 4 is 28.7 Å². The van der Waals surface area contributed by atoms with E-state index in [1.54, 1.807) is 0 Å². The van der Waals surface area contributed by atoms with Gasteiger partial charge >= 0.3 is 6.09 Å². The molecule has 0 aromatic carbocycles. The van der Waals surface area contributed by atoms with Crippen molar-refractivity contribution in [1.82, 2.24) is 5.32 Å². The number of amides is 1. The van der Waals surface area contributed by atoms with Gasteiger partial charge in [0.2, 0.25) is 0 Å². The van der Waals surface area contributed by atoms with Crippen molar-refractivity contribution < 1.29 is 9.53 Å². The zero-order chi connectivity index (χ0) is 7.11. The van der Waals surface area contributed by atoms with Crippen molar-refractivity contribution in [2.24, 2.45) is 0 Å². The number of hydrogen-bond donors (Lipinski definition) is 1. The Bertz CT molecular complexity index is 147. The van der Waals surface area contributed by atoms with Crippen LogP contribution in [0.25, 0.3) is 0 Å². The maximum absolute atomic E-state index is 10.3. The Morgan fingerprint density at radius 1 is 1.89 bits per heavy atom. The molecular formula is C5H6INO2. The van der Waals surface area contributed by atoms with Gasteiger partial charge in [-0.15, -0.1) is 0 Å². The summed E-state index contributed by atoms with van der Waals surface area (Å²) in [5, 5.41) is 2.29. The van der Waals surface area contributed by atoms with Crippen LogP contribution in [0, 0.1) is 9.85 Å². The molecule has 0 heterocycles. The molecule has 0 bridgehead atoms. The summed E-state index contributed by atoms with van der Waals surface area (Å²) in [7, 11) is 1.50. The van der Waals surface area contributed by atoms with Gasteiger partial charge in [-0.3, -0.25) is 0 Å². The molecule has 0 aliphatic heterocycles. The molecule has 0 rings (SSSR count). The summed E-state index contributed by atoms with van der Waals surface area (Å²) in [4.78, 5) is 10.3. The lowest BCUT2D eigenvalue weighted by Gasteiger charge is -1.95. The molecule has 9 heavy (non-hydrogen) atoms. The Morgan fingerprint density at radius 2 is 2.56 bits per heavy atom. The fourth-order valence-corrected chi connectivity index (χ4v) is 0.357. The maximum Gasteiger partial charge on any atom is 0.407 e. The highest BCUT2D eigenvalue weighted by Crippen LogP contribution is 1.75. The molecule has 50 valence electrons. The molecule has 0 radical (unpaired) electrons. The molecular weight excluding hydrogens is 233 g/mol. The molecule has 0 aliphatic rings. The van der Waals surface area contributed by atoms with E-state index in [1.807, 2.05) is 22.6 Å². The van der Waals surface area contributed by atoms with Crippen molar-refractivity contribution in [3.8, 4) is 9.85 Å². The molecule has 0 fully saturated rings. The second kappa shape index (κ2) is 5.69. The summed E-state index contributed by atoms with van der Waals surface area (Å²) in [6.45, 7) is 0.155. The first-order valence-electron chi connectivity index (χ1n) is 2.24. The minimum absolute atomic E-state index is 0.155. The highest BCUT2D eigenvalue weighted by Gasteiger charge is 1.91. The second-order valence-electron chi connectivity index (χ2n) is 1.10. The van der Waals surface area contributed by atoms with E-state index in [4.69, 9.17) is 0 Å². The average Bonchev–Trinajstić information content (AvgIpc) is 1.89. The topological polar surface area (TPSA) is 38.3 Å². The molecule has 0 atom stereocenters. The van der Waals surface area contributed by atoms with Crippen LogP contribution < -0.4 is 5.32 Å². The normalized spacial score (nSPS) is 6.89. The minimum atomic E-state index is -0.450. The summed E-state index contributed by atoms with van der Waals surface area (Å²) in [5.41, 5.74) is 0. The smallest absolute Gasteiger partial charge is 0.407 e. The molecule has 0 aromatic rings. The van der Waals surface area contributed by atoms with Crippen molar-refractivity contribution in [1.29, 1.82) is 0 Å². The van der Waals surface area contributed by atoms with Crippen LogP contribution in [0.4, 0.5) is 4.79 Å². The minimum Gasteiger partial charge on any atom is -0.436 e. The molecule has 0 aromatic heterocycles. The molecule has 3 nitrogen and oxygen atoms in total. The van der Waals surface area contributed by atoms with Gasteiger partial charge < -0.3 is 10.1 Å². The lowest BCUT2D eigenvalue weighted by atomic mass is 10.8. The first-order valence-corrected chi connectivity index (χ1v) is 3.32. The lowest BCUT2D eigenvalue weighted by molar-refractivity contribution is 0.162. The predicted octanol–water partition coefficient (Wildman–Crippen LogP) is 0.738. The lowest BCUT2D eigenvalue weighted by Crippen LogP contribution is -2.19. The average molecular weight is 239 g/mol. The number of hydrogen-bond acceptors (Lipinski definition) is 2. The van der Waals surface area contributed by atoms with E-state index < -0.39 is 6.09 Å². The SMILES string of the molecule is CNC(=O)OCC#CI. The van der Waals surface area contributed by atoms with Gasteiger partial charge in [0.15, 0.2) is 6.61 Å². The van der Waals surface area contributed by atoms with Crippen LogP contribution >= 0.6 is 22.6 Å². The molecule has 4 heteroatoms. The first kappa shape index (κ1) is 8.56. The number of ether oxygens (including phenoxy) is 1. The van der Waals surface area contributed by atoms with Crippen LogP contribution in [0.1, 0.15) is 0 Å². The van der Waals surface area contributed by atoms with Crippen molar-refractivity contribution in [3.05, 3.63) is 0 Å². The maximum atomic E-state index is 10.3. The van der Waals surface area contributed by atoms with Gasteiger partial charge in [0.25, 0.3) is 0 Å². The zero-order valence-electron chi connectivity index (χ0n) is 4.90. The van der Waals surface area contributed by atoms with Crippen LogP contribution in [-0.2, 0) is 4.74 Å². The fourth-order valence-electron chi connectivity index (χ4n) is 0.201. The third-order valence-electron chi connectivity index (χ3n) is 0.546. The van der Waals surface area contributed by atoms with Gasteiger partial charge in [0, 0.05) is 29.6 Å². The number of rotatable bonds is 1. The van der Waals surface area contributed by atoms with Crippen LogP contribution in [0.3, 0.4) is 0 Å². The highest BCUT2D eigenvalue weighted by molar-refractivity contribution is 14.1. The van der Waals surface area contributed by atoms with Gasteiger partial charge in [-0.2, -0.15) is 0 Å². The zero-order valence-corrected chi connectivity index (χ0v) is 7.06. The van der Waals surface area contributed by atoms with Crippen LogP contribution in [0.15, 0.2) is 0 Å². The monoisotopic (exact) mass is 239 g/mol. The standard InChI is InChI=1S/C5H6INO2/c1-7-5(8)9-4-2-3-6/h4H2,1H3,(H,7,8). The van der Waals surface area contributed by atoms with Gasteiger partial charge in [0.05, 0.1) is 0 Å². The van der Waals surface area contributed by atoms with Crippen LogP contribution in [0.2, 0.25) is 0 Å². The largest absolute Gasteiger partial charge is 0.436 e. The molecule has 0 saturated heterocycles. The number of halogens is 1. The van der Waals surface area contributed by atoms with Gasteiger partial charge in [0.1, 0.15) is 0 Å². The van der Waals surface area contributed by atoms with Crippen molar-refractivity contribution in [3.63, 3.8) is 0 Å². The van der Waals surface area contributed by atoms with E-state index in [-0.39, 0.29) is 6.61 Å². The van der Waals surface area contributed by atoms with E-state index in [9.17, 15) is 4.79 Å². The Kier molecular flexibility index (Phi) is 5.41. The molecule has 1 N–H and O–H groups in total. The van der Waals surface area contributed by atoms with Crippen molar-refractivity contribution in [2.75, 3.05) is 13.7 Å². The summed E-state index contributed by atoms with van der Waals surface area (Å²) in [5.74, 6) is 2.57. The summed E-state index contributed by atoms with van der Waals surface area (Å²) >= 11 is 1.87. The van der Waals surface area contributed by atoms with Gasteiger partial charge in [-0.1, -0.05) is 5.92 Å². The van der Waals surface area contributed by atoms with E-state index >= 15 is 0 Å². The fraction of sp³-hybridized carbons (Fsp3) is 0.400. The quantitative estimate of drug-likeness (QED) is 0.541. The highest BCUT2D eigenvalue weighted by atomic mass is 127. The number of nitrogens with one attached hydrogen (secondary N) is 1. The molecule has 0 saturated carbocycles. The number of carbonyl (C=O) groups is 1. The third kappa shape index (κ3) is 5.43. The number of carbonyl (C=O) groups excluding carboxylic acids is 1. The Balaban J connectivity index is 3.24. The van der Waals surface area contributed by atoms with E-state index in [0.29, 0.717) is 0 Å². The summed E-state index contributed by atoms with van der Waals surface area (Å²) in [6, 6.07) is 0. The van der Waals surface area contributed by atoms with Gasteiger partial charge in [-0.05, 0) is 3.93 Å². The Labute approximate surface area is 67.3 Å². The van der Waals surface area contributed by atoms with Crippen molar-refractivity contribution in [2.45, 2.75) is 0 Å². The summed E-state index contributed by atoms with van der Waals surface area (Å²) in [6.07, 6.45) is -0.450. The van der Waals surface area contributed by atoms with E-state index in [1.165, 1.54) is 7.05 Å². The Hall–Kier alpha value is -0.440. The second-order valence-corrected chi connectivity index (χ2v) is 1.64. The van der Waals surface area contributed by atoms with Gasteiger partial charge in [-0.25, -0.2) is 4.79 Å². The van der Waals surface area contributed by atoms with Crippen LogP contribution in [-0.4, -0.2) is 19.7 Å². The molecule has 0 aliphatic carbocycles. The predicted molar refractivity (Wildman–Crippen MR) is 42.2 cm³/mol. The third-order valence-corrected chi connectivity index (χ3v) is 0.928. The molecule has 1 amide bonds. The first-order chi connectivity index (χ1) is 4.31.